The lowest BCUT2D eigenvalue weighted by Crippen LogP contribution is -2.49. The summed E-state index contributed by atoms with van der Waals surface area (Å²) in [4.78, 5) is 42.6. The Bertz CT molecular complexity index is 944. The molecule has 0 spiro atoms. The number of nitrogens with zero attached hydrogens (tertiary/aromatic N) is 5. The number of likely N-dealkylation sites (tertiary alicyclic amines) is 1. The minimum absolute atomic E-state index is 0.0758. The van der Waals surface area contributed by atoms with Crippen molar-refractivity contribution < 1.29 is 14.4 Å². The average Bonchev–Trinajstić information content (AvgIpc) is 3.52. The van der Waals surface area contributed by atoms with Crippen molar-refractivity contribution in [1.82, 2.24) is 29.8 Å². The standard InChI is InChI=1S/C22H28N6O3/c1-17(29)27-12-5-8-20(27)21(30)26(15-14-25-13-11-23-22(25)31)16-19-9-10-24-28(19)18-6-3-2-4-7-18/h2-4,6-7,9-10,20H,5,8,11-16H2,1H3,(H,23,31). The summed E-state index contributed by atoms with van der Waals surface area (Å²) in [6.07, 6.45) is 3.20. The molecule has 0 radical (unpaired) electrons. The van der Waals surface area contributed by atoms with E-state index in [1.807, 2.05) is 41.1 Å². The van der Waals surface area contributed by atoms with E-state index in [1.165, 1.54) is 6.92 Å². The minimum Gasteiger partial charge on any atom is -0.336 e. The van der Waals surface area contributed by atoms with Crippen molar-refractivity contribution in [3.05, 3.63) is 48.3 Å². The Kier molecular flexibility index (Phi) is 6.20. The van der Waals surface area contributed by atoms with E-state index < -0.39 is 6.04 Å². The monoisotopic (exact) mass is 424 g/mol. The number of amides is 4. The summed E-state index contributed by atoms with van der Waals surface area (Å²) in [5, 5.41) is 7.22. The van der Waals surface area contributed by atoms with Crippen LogP contribution in [-0.2, 0) is 16.1 Å². The molecule has 1 aromatic heterocycles. The zero-order valence-electron chi connectivity index (χ0n) is 17.7. The van der Waals surface area contributed by atoms with Crippen LogP contribution in [0.5, 0.6) is 0 Å². The van der Waals surface area contributed by atoms with Gasteiger partial charge in [0.1, 0.15) is 6.04 Å². The Hall–Kier alpha value is -3.36. The Morgan fingerprint density at radius 3 is 2.71 bits per heavy atom. The number of rotatable bonds is 7. The first kappa shape index (κ1) is 20.9. The molecule has 2 aliphatic heterocycles. The van der Waals surface area contributed by atoms with Crippen LogP contribution < -0.4 is 5.32 Å². The molecular weight excluding hydrogens is 396 g/mol. The Labute approximate surface area is 181 Å². The molecule has 2 fully saturated rings. The number of benzene rings is 1. The molecule has 2 saturated heterocycles. The van der Waals surface area contributed by atoms with Crippen molar-refractivity contribution in [2.24, 2.45) is 0 Å². The fourth-order valence-electron chi connectivity index (χ4n) is 4.29. The van der Waals surface area contributed by atoms with Gasteiger partial charge in [0.15, 0.2) is 0 Å². The zero-order valence-corrected chi connectivity index (χ0v) is 17.7. The summed E-state index contributed by atoms with van der Waals surface area (Å²) in [5.74, 6) is -0.155. The molecule has 2 aromatic rings. The van der Waals surface area contributed by atoms with Gasteiger partial charge < -0.3 is 20.0 Å². The molecule has 1 atom stereocenters. The number of aromatic nitrogens is 2. The number of carbonyl (C=O) groups excluding carboxylic acids is 3. The van der Waals surface area contributed by atoms with Crippen molar-refractivity contribution in [1.29, 1.82) is 0 Å². The zero-order chi connectivity index (χ0) is 21.8. The fraction of sp³-hybridized carbons (Fsp3) is 0.455. The maximum Gasteiger partial charge on any atom is 0.317 e. The number of urea groups is 1. The molecule has 1 N–H and O–H groups in total. The third kappa shape index (κ3) is 4.55. The highest BCUT2D eigenvalue weighted by Gasteiger charge is 2.35. The second-order valence-corrected chi connectivity index (χ2v) is 7.92. The molecule has 4 amide bonds. The van der Waals surface area contributed by atoms with E-state index in [1.54, 1.807) is 20.9 Å². The first-order valence-corrected chi connectivity index (χ1v) is 10.7. The number of carbonyl (C=O) groups is 3. The van der Waals surface area contributed by atoms with Crippen LogP contribution in [0.3, 0.4) is 0 Å². The van der Waals surface area contributed by atoms with Gasteiger partial charge in [0.25, 0.3) is 0 Å². The topological polar surface area (TPSA) is 90.8 Å². The molecule has 164 valence electrons. The first-order chi connectivity index (χ1) is 15.0. The van der Waals surface area contributed by atoms with E-state index in [9.17, 15) is 14.4 Å². The lowest BCUT2D eigenvalue weighted by molar-refractivity contribution is -0.143. The van der Waals surface area contributed by atoms with Gasteiger partial charge in [-0.25, -0.2) is 9.48 Å². The largest absolute Gasteiger partial charge is 0.336 e. The third-order valence-electron chi connectivity index (χ3n) is 5.91. The summed E-state index contributed by atoms with van der Waals surface area (Å²) < 4.78 is 1.82. The van der Waals surface area contributed by atoms with Crippen molar-refractivity contribution >= 4 is 17.8 Å². The predicted molar refractivity (Wildman–Crippen MR) is 114 cm³/mol. The van der Waals surface area contributed by atoms with E-state index in [2.05, 4.69) is 10.4 Å². The van der Waals surface area contributed by atoms with E-state index in [0.29, 0.717) is 45.7 Å². The fourth-order valence-corrected chi connectivity index (χ4v) is 4.29. The number of para-hydroxylation sites is 1. The van der Waals surface area contributed by atoms with Crippen molar-refractivity contribution in [3.8, 4) is 5.69 Å². The van der Waals surface area contributed by atoms with Crippen molar-refractivity contribution in [2.45, 2.75) is 32.4 Å². The predicted octanol–water partition coefficient (Wildman–Crippen LogP) is 1.24. The SMILES string of the molecule is CC(=O)N1CCCC1C(=O)N(CCN1CCNC1=O)Cc1ccnn1-c1ccccc1. The van der Waals surface area contributed by atoms with E-state index >= 15 is 0 Å². The van der Waals surface area contributed by atoms with Crippen LogP contribution in [0.1, 0.15) is 25.5 Å². The van der Waals surface area contributed by atoms with Gasteiger partial charge in [-0.1, -0.05) is 18.2 Å². The van der Waals surface area contributed by atoms with Crippen LogP contribution in [0.4, 0.5) is 4.79 Å². The number of hydrogen-bond acceptors (Lipinski definition) is 4. The lowest BCUT2D eigenvalue weighted by atomic mass is 10.1. The minimum atomic E-state index is -0.446. The van der Waals surface area contributed by atoms with Crippen LogP contribution >= 0.6 is 0 Å². The molecule has 3 heterocycles. The Morgan fingerprint density at radius 2 is 2.00 bits per heavy atom. The number of nitrogens with one attached hydrogen (secondary N) is 1. The number of hydrogen-bond donors (Lipinski definition) is 1. The molecule has 1 aromatic carbocycles. The molecule has 0 bridgehead atoms. The van der Waals surface area contributed by atoms with Gasteiger partial charge in [0.2, 0.25) is 11.8 Å². The summed E-state index contributed by atoms with van der Waals surface area (Å²) in [7, 11) is 0. The molecule has 2 aliphatic rings. The van der Waals surface area contributed by atoms with Gasteiger partial charge in [-0.3, -0.25) is 9.59 Å². The summed E-state index contributed by atoms with van der Waals surface area (Å²) in [6, 6.07) is 11.1. The van der Waals surface area contributed by atoms with Gasteiger partial charge in [0.05, 0.1) is 17.9 Å². The second-order valence-electron chi connectivity index (χ2n) is 7.92. The van der Waals surface area contributed by atoms with Crippen LogP contribution in [0.2, 0.25) is 0 Å². The van der Waals surface area contributed by atoms with Gasteiger partial charge in [-0.05, 0) is 31.0 Å². The third-order valence-corrected chi connectivity index (χ3v) is 5.91. The highest BCUT2D eigenvalue weighted by molar-refractivity contribution is 5.87. The average molecular weight is 425 g/mol. The molecule has 1 unspecified atom stereocenters. The second kappa shape index (κ2) is 9.20. The first-order valence-electron chi connectivity index (χ1n) is 10.7. The summed E-state index contributed by atoms with van der Waals surface area (Å²) in [6.45, 7) is 4.56. The molecule has 9 nitrogen and oxygen atoms in total. The van der Waals surface area contributed by atoms with Crippen LogP contribution in [-0.4, -0.2) is 81.1 Å². The molecule has 0 saturated carbocycles. The van der Waals surface area contributed by atoms with Crippen LogP contribution in [0.25, 0.3) is 5.69 Å². The maximum atomic E-state index is 13.5. The van der Waals surface area contributed by atoms with Gasteiger partial charge in [-0.2, -0.15) is 5.10 Å². The quantitative estimate of drug-likeness (QED) is 0.724. The smallest absolute Gasteiger partial charge is 0.317 e. The molecule has 9 heteroatoms. The molecule has 31 heavy (non-hydrogen) atoms. The van der Waals surface area contributed by atoms with E-state index in [4.69, 9.17) is 0 Å². The molecular formula is C22H28N6O3. The summed E-state index contributed by atoms with van der Waals surface area (Å²) in [5.41, 5.74) is 1.79. The van der Waals surface area contributed by atoms with Crippen molar-refractivity contribution in [2.75, 3.05) is 32.7 Å². The molecule has 0 aliphatic carbocycles. The Morgan fingerprint density at radius 1 is 1.19 bits per heavy atom. The highest BCUT2D eigenvalue weighted by Crippen LogP contribution is 2.21. The highest BCUT2D eigenvalue weighted by atomic mass is 16.2. The van der Waals surface area contributed by atoms with E-state index in [-0.39, 0.29) is 17.8 Å². The van der Waals surface area contributed by atoms with Gasteiger partial charge in [0, 0.05) is 45.8 Å². The maximum absolute atomic E-state index is 13.5. The lowest BCUT2D eigenvalue weighted by Gasteiger charge is -2.31. The Balaban J connectivity index is 1.55. The van der Waals surface area contributed by atoms with Gasteiger partial charge in [-0.15, -0.1) is 0 Å². The van der Waals surface area contributed by atoms with Crippen LogP contribution in [0, 0.1) is 0 Å². The van der Waals surface area contributed by atoms with Crippen molar-refractivity contribution in [3.63, 3.8) is 0 Å². The van der Waals surface area contributed by atoms with E-state index in [0.717, 1.165) is 17.8 Å². The normalized spacial score (nSPS) is 18.4. The molecule has 4 rings (SSSR count). The summed E-state index contributed by atoms with van der Waals surface area (Å²) >= 11 is 0. The van der Waals surface area contributed by atoms with Crippen LogP contribution in [0.15, 0.2) is 42.6 Å². The van der Waals surface area contributed by atoms with Gasteiger partial charge >= 0.3 is 6.03 Å².